The third-order valence-corrected chi connectivity index (χ3v) is 5.71. The molecule has 3 N–H and O–H groups in total. The van der Waals surface area contributed by atoms with Crippen molar-refractivity contribution in [1.29, 1.82) is 0 Å². The molecule has 1 heterocycles. The Hall–Kier alpha value is -2.58. The summed E-state index contributed by atoms with van der Waals surface area (Å²) in [6, 6.07) is 5.53. The summed E-state index contributed by atoms with van der Waals surface area (Å²) < 4.78 is 6.02. The van der Waals surface area contributed by atoms with Gasteiger partial charge in [0.1, 0.15) is 12.4 Å². The van der Waals surface area contributed by atoms with Crippen LogP contribution in [0, 0.1) is 5.92 Å². The Morgan fingerprint density at radius 1 is 1.23 bits per heavy atom. The summed E-state index contributed by atoms with van der Waals surface area (Å²) in [4.78, 5) is 16.8. The highest BCUT2D eigenvalue weighted by atomic mass is 16.5. The molecule has 2 amide bonds. The molecule has 1 aromatic heterocycles. The molecular weight excluding hydrogens is 394 g/mol. The number of aromatic nitrogens is 2. The van der Waals surface area contributed by atoms with E-state index in [0.29, 0.717) is 37.1 Å². The predicted molar refractivity (Wildman–Crippen MR) is 122 cm³/mol. The van der Waals surface area contributed by atoms with Crippen LogP contribution in [0.5, 0.6) is 5.75 Å². The second-order valence-electron chi connectivity index (χ2n) is 8.45. The number of carbonyl (C=O) groups excluding carboxylic acids is 1. The van der Waals surface area contributed by atoms with Gasteiger partial charge in [0.25, 0.3) is 0 Å². The third-order valence-electron chi connectivity index (χ3n) is 5.71. The van der Waals surface area contributed by atoms with Crippen molar-refractivity contribution in [3.63, 3.8) is 0 Å². The second-order valence-corrected chi connectivity index (χ2v) is 8.45. The molecule has 31 heavy (non-hydrogen) atoms. The summed E-state index contributed by atoms with van der Waals surface area (Å²) in [5.74, 6) is 1.13. The van der Waals surface area contributed by atoms with Crippen LogP contribution in [0.25, 0.3) is 11.1 Å². The number of amides is 2. The molecule has 1 aliphatic rings. The monoisotopic (exact) mass is 429 g/mol. The van der Waals surface area contributed by atoms with Crippen LogP contribution in [0.15, 0.2) is 30.6 Å². The molecule has 0 saturated heterocycles. The fourth-order valence-corrected chi connectivity index (χ4v) is 3.94. The Morgan fingerprint density at radius 2 is 2.03 bits per heavy atom. The molecule has 2 aromatic rings. The largest absolute Gasteiger partial charge is 0.490 e. The van der Waals surface area contributed by atoms with Crippen LogP contribution in [0.3, 0.4) is 0 Å². The first-order chi connectivity index (χ1) is 15.1. The van der Waals surface area contributed by atoms with Crippen molar-refractivity contribution in [3.8, 4) is 16.9 Å². The van der Waals surface area contributed by atoms with Crippen LogP contribution in [0.1, 0.15) is 32.1 Å². The van der Waals surface area contributed by atoms with Gasteiger partial charge in [-0.2, -0.15) is 5.10 Å². The number of aromatic amines is 1. The van der Waals surface area contributed by atoms with Gasteiger partial charge in [0.15, 0.2) is 0 Å². The number of urea groups is 1. The van der Waals surface area contributed by atoms with E-state index in [9.17, 15) is 9.90 Å². The highest BCUT2D eigenvalue weighted by molar-refractivity contribution is 5.91. The molecule has 0 bridgehead atoms. The zero-order chi connectivity index (χ0) is 22.1. The lowest BCUT2D eigenvalue weighted by Crippen LogP contribution is -2.40. The number of aliphatic hydroxyl groups excluding tert-OH is 1. The van der Waals surface area contributed by atoms with E-state index < -0.39 is 0 Å². The molecule has 0 unspecified atom stereocenters. The first kappa shape index (κ1) is 23.1. The molecule has 1 saturated carbocycles. The number of carbonyl (C=O) groups is 1. The number of likely N-dealkylation sites (N-methyl/N-ethyl adjacent to an activating group) is 1. The van der Waals surface area contributed by atoms with Crippen molar-refractivity contribution in [2.45, 2.75) is 32.1 Å². The number of ether oxygens (including phenoxy) is 1. The number of nitrogens with one attached hydrogen (secondary N) is 2. The van der Waals surface area contributed by atoms with E-state index in [0.717, 1.165) is 30.5 Å². The minimum Gasteiger partial charge on any atom is -0.490 e. The lowest BCUT2D eigenvalue weighted by atomic mass is 9.89. The van der Waals surface area contributed by atoms with Crippen LogP contribution in [-0.2, 0) is 0 Å². The van der Waals surface area contributed by atoms with Gasteiger partial charge in [0, 0.05) is 31.4 Å². The number of nitrogens with zero attached hydrogens (tertiary/aromatic N) is 3. The topological polar surface area (TPSA) is 93.7 Å². The van der Waals surface area contributed by atoms with Gasteiger partial charge in [-0.15, -0.1) is 0 Å². The molecule has 1 aromatic carbocycles. The van der Waals surface area contributed by atoms with Crippen molar-refractivity contribution in [2.24, 2.45) is 5.92 Å². The number of hydrogen-bond acceptors (Lipinski definition) is 5. The predicted octanol–water partition coefficient (Wildman–Crippen LogP) is 3.42. The van der Waals surface area contributed by atoms with E-state index in [-0.39, 0.29) is 12.6 Å². The number of anilines is 1. The van der Waals surface area contributed by atoms with Gasteiger partial charge in [-0.25, -0.2) is 4.79 Å². The van der Waals surface area contributed by atoms with Crippen LogP contribution >= 0.6 is 0 Å². The Balaban J connectivity index is 1.74. The minimum absolute atomic E-state index is 0.0498. The smallest absolute Gasteiger partial charge is 0.322 e. The molecule has 170 valence electrons. The molecule has 0 atom stereocenters. The van der Waals surface area contributed by atoms with Gasteiger partial charge in [-0.05, 0) is 50.6 Å². The Kier molecular flexibility index (Phi) is 8.73. The Morgan fingerprint density at radius 3 is 2.71 bits per heavy atom. The number of aliphatic hydroxyl groups is 1. The van der Waals surface area contributed by atoms with E-state index in [1.165, 1.54) is 19.3 Å². The summed E-state index contributed by atoms with van der Waals surface area (Å²) in [6.45, 7) is 2.23. The molecule has 8 nitrogen and oxygen atoms in total. The van der Waals surface area contributed by atoms with Gasteiger partial charge in [0.2, 0.25) is 0 Å². The first-order valence-corrected chi connectivity index (χ1v) is 11.1. The van der Waals surface area contributed by atoms with Crippen LogP contribution < -0.4 is 10.1 Å². The maximum atomic E-state index is 13.0. The zero-order valence-electron chi connectivity index (χ0n) is 18.6. The summed E-state index contributed by atoms with van der Waals surface area (Å²) in [5.41, 5.74) is 2.54. The Labute approximate surface area is 184 Å². The van der Waals surface area contributed by atoms with E-state index in [4.69, 9.17) is 4.74 Å². The molecule has 3 rings (SSSR count). The highest BCUT2D eigenvalue weighted by Crippen LogP contribution is 2.31. The molecule has 0 spiro atoms. The zero-order valence-corrected chi connectivity index (χ0v) is 18.6. The van der Waals surface area contributed by atoms with Crippen molar-refractivity contribution in [3.05, 3.63) is 30.6 Å². The molecule has 8 heteroatoms. The number of rotatable bonds is 10. The number of hydrogen-bond donors (Lipinski definition) is 3. The summed E-state index contributed by atoms with van der Waals surface area (Å²) >= 11 is 0. The number of benzene rings is 1. The maximum absolute atomic E-state index is 13.0. The van der Waals surface area contributed by atoms with E-state index in [1.807, 2.05) is 43.4 Å². The highest BCUT2D eigenvalue weighted by Gasteiger charge is 2.22. The standard InChI is InChI=1S/C23H35N5O3/c1-27(2)11-13-31-22-14-19(20-15-24-25-16-20)8-9-21(22)26-23(30)28(10-12-29)17-18-6-4-3-5-7-18/h8-9,14-16,18,29H,3-7,10-13,17H2,1-2H3,(H,24,25)(H,26,30). The molecule has 1 fully saturated rings. The second kappa shape index (κ2) is 11.7. The van der Waals surface area contributed by atoms with Gasteiger partial charge < -0.3 is 25.0 Å². The summed E-state index contributed by atoms with van der Waals surface area (Å²) in [6.07, 6.45) is 9.59. The lowest BCUT2D eigenvalue weighted by Gasteiger charge is -2.29. The summed E-state index contributed by atoms with van der Waals surface area (Å²) in [7, 11) is 3.98. The van der Waals surface area contributed by atoms with Crippen LogP contribution in [0.2, 0.25) is 0 Å². The minimum atomic E-state index is -0.201. The normalized spacial score (nSPS) is 14.6. The fraction of sp³-hybridized carbons (Fsp3) is 0.565. The van der Waals surface area contributed by atoms with Gasteiger partial charge in [0.05, 0.1) is 18.5 Å². The van der Waals surface area contributed by atoms with Crippen molar-refractivity contribution >= 4 is 11.7 Å². The van der Waals surface area contributed by atoms with E-state index in [2.05, 4.69) is 15.5 Å². The fourth-order valence-electron chi connectivity index (χ4n) is 3.94. The van der Waals surface area contributed by atoms with Crippen LogP contribution in [-0.4, -0.2) is 78.1 Å². The quantitative estimate of drug-likeness (QED) is 0.538. The van der Waals surface area contributed by atoms with Crippen molar-refractivity contribution in [2.75, 3.05) is 52.3 Å². The van der Waals surface area contributed by atoms with Gasteiger partial charge in [-0.3, -0.25) is 5.10 Å². The van der Waals surface area contributed by atoms with Crippen LogP contribution in [0.4, 0.5) is 10.5 Å². The van der Waals surface area contributed by atoms with E-state index >= 15 is 0 Å². The molecule has 0 aliphatic heterocycles. The average molecular weight is 430 g/mol. The molecule has 0 radical (unpaired) electrons. The maximum Gasteiger partial charge on any atom is 0.322 e. The molecular formula is C23H35N5O3. The summed E-state index contributed by atoms with van der Waals surface area (Å²) in [5, 5.41) is 19.3. The lowest BCUT2D eigenvalue weighted by molar-refractivity contribution is 0.167. The van der Waals surface area contributed by atoms with Gasteiger partial charge >= 0.3 is 6.03 Å². The average Bonchev–Trinajstić information content (AvgIpc) is 3.30. The van der Waals surface area contributed by atoms with E-state index in [1.54, 1.807) is 11.1 Å². The molecule has 1 aliphatic carbocycles. The van der Waals surface area contributed by atoms with Crippen molar-refractivity contribution in [1.82, 2.24) is 20.0 Å². The Bertz CT molecular complexity index is 804. The van der Waals surface area contributed by atoms with Crippen molar-refractivity contribution < 1.29 is 14.6 Å². The third kappa shape index (κ3) is 6.97. The SMILES string of the molecule is CN(C)CCOc1cc(-c2cn[nH]c2)ccc1NC(=O)N(CCO)CC1CCCCC1. The number of H-pyrrole nitrogens is 1. The first-order valence-electron chi connectivity index (χ1n) is 11.1. The van der Waals surface area contributed by atoms with Gasteiger partial charge in [-0.1, -0.05) is 25.3 Å².